The number of carbonyl (C=O) groups is 2. The minimum Gasteiger partial charge on any atom is -0.493 e. The zero-order valence-electron chi connectivity index (χ0n) is 18.5. The molecule has 2 aromatic carbocycles. The fourth-order valence-corrected chi connectivity index (χ4v) is 3.00. The molecule has 7 nitrogen and oxygen atoms in total. The first kappa shape index (κ1) is 24.9. The Kier molecular flexibility index (Phi) is 9.24. The third-order valence-corrected chi connectivity index (χ3v) is 4.66. The van der Waals surface area contributed by atoms with Crippen LogP contribution in [-0.2, 0) is 22.7 Å². The number of likely N-dealkylation sites (N-methyl/N-ethyl adjacent to an activating group) is 1. The maximum atomic E-state index is 13.0. The van der Waals surface area contributed by atoms with E-state index in [1.54, 1.807) is 13.1 Å². The summed E-state index contributed by atoms with van der Waals surface area (Å²) >= 11 is 0. The van der Waals surface area contributed by atoms with Crippen molar-refractivity contribution in [2.24, 2.45) is 5.92 Å². The molecule has 32 heavy (non-hydrogen) atoms. The van der Waals surface area contributed by atoms with Crippen molar-refractivity contribution in [3.05, 3.63) is 59.7 Å². The van der Waals surface area contributed by atoms with Crippen LogP contribution in [0.25, 0.3) is 0 Å². The number of benzene rings is 2. The van der Waals surface area contributed by atoms with Crippen LogP contribution < -0.4 is 14.8 Å². The van der Waals surface area contributed by atoms with E-state index >= 15 is 0 Å². The number of alkyl carbamates (subject to hydrolysis) is 1. The summed E-state index contributed by atoms with van der Waals surface area (Å²) in [6.07, 6.45) is -0.690. The van der Waals surface area contributed by atoms with Crippen LogP contribution in [0.1, 0.15) is 25.0 Å². The Labute approximate surface area is 186 Å². The Morgan fingerprint density at radius 2 is 1.72 bits per heavy atom. The predicted octanol–water partition coefficient (Wildman–Crippen LogP) is 4.21. The van der Waals surface area contributed by atoms with Gasteiger partial charge in [0.05, 0.1) is 7.11 Å². The minimum absolute atomic E-state index is 0.0916. The molecule has 0 aromatic heterocycles. The zero-order valence-corrected chi connectivity index (χ0v) is 18.5. The van der Waals surface area contributed by atoms with Gasteiger partial charge in [-0.1, -0.05) is 50.2 Å². The van der Waals surface area contributed by atoms with E-state index in [1.165, 1.54) is 24.1 Å². The molecule has 0 fully saturated rings. The molecule has 174 valence electrons. The van der Waals surface area contributed by atoms with Gasteiger partial charge in [0.1, 0.15) is 12.6 Å². The third-order valence-electron chi connectivity index (χ3n) is 4.66. The lowest BCUT2D eigenvalue weighted by Crippen LogP contribution is -2.50. The number of nitrogens with one attached hydrogen (secondary N) is 1. The summed E-state index contributed by atoms with van der Waals surface area (Å²) < 4.78 is 39.7. The number of alkyl halides is 2. The van der Waals surface area contributed by atoms with Crippen molar-refractivity contribution in [1.82, 2.24) is 10.2 Å². The molecule has 0 aliphatic heterocycles. The summed E-state index contributed by atoms with van der Waals surface area (Å²) in [6.45, 7) is 0.919. The second-order valence-corrected chi connectivity index (χ2v) is 7.49. The van der Waals surface area contributed by atoms with Crippen molar-refractivity contribution in [3.8, 4) is 11.5 Å². The van der Waals surface area contributed by atoms with Gasteiger partial charge < -0.3 is 24.4 Å². The molecule has 9 heteroatoms. The maximum absolute atomic E-state index is 13.0. The summed E-state index contributed by atoms with van der Waals surface area (Å²) in [6, 6.07) is 12.9. The van der Waals surface area contributed by atoms with Crippen molar-refractivity contribution in [2.75, 3.05) is 14.2 Å². The second-order valence-electron chi connectivity index (χ2n) is 7.49. The highest BCUT2D eigenvalue weighted by Crippen LogP contribution is 2.30. The molecule has 0 aliphatic rings. The van der Waals surface area contributed by atoms with Gasteiger partial charge in [-0.3, -0.25) is 4.79 Å². The molecule has 0 bridgehead atoms. The van der Waals surface area contributed by atoms with Gasteiger partial charge in [0.25, 0.3) is 0 Å². The first-order valence-electron chi connectivity index (χ1n) is 10.0. The highest BCUT2D eigenvalue weighted by molar-refractivity contribution is 5.85. The molecule has 0 aliphatic carbocycles. The molecule has 0 spiro atoms. The van der Waals surface area contributed by atoms with E-state index in [-0.39, 0.29) is 36.5 Å². The van der Waals surface area contributed by atoms with Crippen LogP contribution >= 0.6 is 0 Å². The lowest BCUT2D eigenvalue weighted by molar-refractivity contribution is -0.133. The first-order valence-corrected chi connectivity index (χ1v) is 10.0. The lowest BCUT2D eigenvalue weighted by atomic mass is 10.0. The number of methoxy groups -OCH3 is 1. The third kappa shape index (κ3) is 7.40. The van der Waals surface area contributed by atoms with E-state index in [0.717, 1.165) is 5.56 Å². The largest absolute Gasteiger partial charge is 0.493 e. The van der Waals surface area contributed by atoms with E-state index < -0.39 is 18.7 Å². The second kappa shape index (κ2) is 11.9. The molecule has 0 saturated heterocycles. The highest BCUT2D eigenvalue weighted by Gasteiger charge is 2.28. The average molecular weight is 450 g/mol. The Bertz CT molecular complexity index is 893. The maximum Gasteiger partial charge on any atom is 0.408 e. The first-order chi connectivity index (χ1) is 15.2. The number of hydrogen-bond donors (Lipinski definition) is 1. The van der Waals surface area contributed by atoms with Crippen LogP contribution in [0.3, 0.4) is 0 Å². The van der Waals surface area contributed by atoms with Gasteiger partial charge in [-0.15, -0.1) is 0 Å². The molecule has 2 rings (SSSR count). The Balaban J connectivity index is 2.00. The van der Waals surface area contributed by atoms with Crippen LogP contribution in [0.2, 0.25) is 0 Å². The van der Waals surface area contributed by atoms with Crippen LogP contribution in [0.5, 0.6) is 11.5 Å². The average Bonchev–Trinajstić information content (AvgIpc) is 2.76. The van der Waals surface area contributed by atoms with Gasteiger partial charge in [0, 0.05) is 13.6 Å². The molecule has 1 N–H and O–H groups in total. The van der Waals surface area contributed by atoms with Crippen molar-refractivity contribution >= 4 is 12.0 Å². The van der Waals surface area contributed by atoms with E-state index in [4.69, 9.17) is 9.47 Å². The highest BCUT2D eigenvalue weighted by atomic mass is 19.3. The Morgan fingerprint density at radius 3 is 2.31 bits per heavy atom. The van der Waals surface area contributed by atoms with Crippen LogP contribution in [-0.4, -0.2) is 43.7 Å². The molecule has 0 heterocycles. The fraction of sp³-hybridized carbons (Fsp3) is 0.391. The molecule has 2 aromatic rings. The molecular weight excluding hydrogens is 422 g/mol. The standard InChI is InChI=1S/C23H28F2N2O5/c1-15(2)20(26-23(29)31-14-16-8-6-5-7-9-16)21(28)27(3)13-17-10-11-18(32-22(24)25)19(12-17)30-4/h5-12,15,20,22H,13-14H2,1-4H3,(H,26,29)/t20-/m0/s1. The van der Waals surface area contributed by atoms with Gasteiger partial charge in [-0.25, -0.2) is 4.79 Å². The van der Waals surface area contributed by atoms with Gasteiger partial charge in [0.2, 0.25) is 5.91 Å². The summed E-state index contributed by atoms with van der Waals surface area (Å²) in [7, 11) is 2.93. The topological polar surface area (TPSA) is 77.1 Å². The molecule has 0 saturated carbocycles. The SMILES string of the molecule is COc1cc(CN(C)C(=O)[C@@H](NC(=O)OCc2ccccc2)C(C)C)ccc1OC(F)F. The smallest absolute Gasteiger partial charge is 0.408 e. The quantitative estimate of drug-likeness (QED) is 0.587. The van der Waals surface area contributed by atoms with Gasteiger partial charge in [-0.05, 0) is 29.2 Å². The summed E-state index contributed by atoms with van der Waals surface area (Å²) in [5, 5.41) is 2.63. The van der Waals surface area contributed by atoms with E-state index in [1.807, 2.05) is 44.2 Å². The number of carbonyl (C=O) groups excluding carboxylic acids is 2. The van der Waals surface area contributed by atoms with E-state index in [0.29, 0.717) is 5.56 Å². The predicted molar refractivity (Wildman–Crippen MR) is 114 cm³/mol. The Hall–Kier alpha value is -3.36. The molecule has 1 atom stereocenters. The number of nitrogens with zero attached hydrogens (tertiary/aromatic N) is 1. The van der Waals surface area contributed by atoms with E-state index in [2.05, 4.69) is 10.1 Å². The number of halogens is 2. The molecule has 0 radical (unpaired) electrons. The normalized spacial score (nSPS) is 11.8. The summed E-state index contributed by atoms with van der Waals surface area (Å²) in [4.78, 5) is 26.6. The van der Waals surface area contributed by atoms with Crippen LogP contribution in [0.4, 0.5) is 13.6 Å². The fourth-order valence-electron chi connectivity index (χ4n) is 3.00. The van der Waals surface area contributed by atoms with Gasteiger partial charge in [-0.2, -0.15) is 8.78 Å². The number of ether oxygens (including phenoxy) is 3. The Morgan fingerprint density at radius 1 is 1.03 bits per heavy atom. The monoisotopic (exact) mass is 450 g/mol. The summed E-state index contributed by atoms with van der Waals surface area (Å²) in [5.41, 5.74) is 1.48. The molecule has 2 amide bonds. The van der Waals surface area contributed by atoms with Crippen molar-refractivity contribution in [1.29, 1.82) is 0 Å². The van der Waals surface area contributed by atoms with Gasteiger partial charge >= 0.3 is 12.7 Å². The van der Waals surface area contributed by atoms with Crippen molar-refractivity contribution < 1.29 is 32.6 Å². The van der Waals surface area contributed by atoms with Crippen LogP contribution in [0.15, 0.2) is 48.5 Å². The van der Waals surface area contributed by atoms with E-state index in [9.17, 15) is 18.4 Å². The molecular formula is C23H28F2N2O5. The number of hydrogen-bond acceptors (Lipinski definition) is 5. The molecule has 0 unspecified atom stereocenters. The zero-order chi connectivity index (χ0) is 23.7. The number of amides is 2. The van der Waals surface area contributed by atoms with Crippen LogP contribution in [0, 0.1) is 5.92 Å². The van der Waals surface area contributed by atoms with Crippen molar-refractivity contribution in [3.63, 3.8) is 0 Å². The summed E-state index contributed by atoms with van der Waals surface area (Å²) in [5.74, 6) is -0.469. The number of rotatable bonds is 10. The van der Waals surface area contributed by atoms with Gasteiger partial charge in [0.15, 0.2) is 11.5 Å². The minimum atomic E-state index is -2.97. The lowest BCUT2D eigenvalue weighted by Gasteiger charge is -2.27. The van der Waals surface area contributed by atoms with Crippen molar-refractivity contribution in [2.45, 2.75) is 39.7 Å².